The molecular formula is C15H18Br2N2OS. The lowest BCUT2D eigenvalue weighted by Gasteiger charge is -2.07. The maximum atomic E-state index is 9.19. The number of rotatable bonds is 6. The fourth-order valence-corrected chi connectivity index (χ4v) is 5.09. The average Bonchev–Trinajstić information content (AvgIpc) is 2.75. The fraction of sp³-hybridized carbons (Fsp3) is 0.400. The molecule has 0 unspecified atom stereocenters. The average molecular weight is 434 g/mol. The van der Waals surface area contributed by atoms with Crippen molar-refractivity contribution in [3.05, 3.63) is 38.5 Å². The third kappa shape index (κ3) is 4.12. The first-order chi connectivity index (χ1) is 10.1. The highest BCUT2D eigenvalue weighted by Gasteiger charge is 2.16. The van der Waals surface area contributed by atoms with E-state index in [1.165, 1.54) is 15.5 Å². The lowest BCUT2D eigenvalue weighted by atomic mass is 10.2. The van der Waals surface area contributed by atoms with Crippen LogP contribution in [0.15, 0.2) is 36.9 Å². The number of hydrogen-bond acceptors (Lipinski definition) is 3. The van der Waals surface area contributed by atoms with E-state index >= 15 is 0 Å². The van der Waals surface area contributed by atoms with Gasteiger partial charge in [-0.05, 0) is 31.0 Å². The number of aliphatic hydroxyl groups is 1. The molecule has 114 valence electrons. The zero-order valence-electron chi connectivity index (χ0n) is 12.1. The van der Waals surface area contributed by atoms with Crippen LogP contribution in [0.5, 0.6) is 0 Å². The minimum atomic E-state index is 0.115. The Morgan fingerprint density at radius 3 is 2.33 bits per heavy atom. The minimum absolute atomic E-state index is 0.115. The molecule has 0 aliphatic rings. The minimum Gasteiger partial charge on any atom is -0.394 e. The zero-order valence-corrected chi connectivity index (χ0v) is 16.1. The molecule has 0 radical (unpaired) electrons. The second-order valence-electron chi connectivity index (χ2n) is 4.58. The van der Waals surface area contributed by atoms with Gasteiger partial charge in [0, 0.05) is 13.8 Å². The molecule has 0 amide bonds. The summed E-state index contributed by atoms with van der Waals surface area (Å²) in [5, 5.41) is 13.8. The Morgan fingerprint density at radius 1 is 1.14 bits per heavy atom. The van der Waals surface area contributed by atoms with Crippen LogP contribution in [0.25, 0.3) is 0 Å². The van der Waals surface area contributed by atoms with E-state index < -0.39 is 0 Å². The molecule has 2 aromatic rings. The van der Waals surface area contributed by atoms with Gasteiger partial charge in [0.2, 0.25) is 0 Å². The van der Waals surface area contributed by atoms with Gasteiger partial charge in [-0.15, -0.1) is 0 Å². The molecule has 0 aliphatic heterocycles. The van der Waals surface area contributed by atoms with Crippen molar-refractivity contribution >= 4 is 43.6 Å². The third-order valence-electron chi connectivity index (χ3n) is 3.11. The van der Waals surface area contributed by atoms with Crippen LogP contribution < -0.4 is 0 Å². The van der Waals surface area contributed by atoms with E-state index in [1.807, 2.05) is 10.7 Å². The first-order valence-corrected chi connectivity index (χ1v) is 9.32. The van der Waals surface area contributed by atoms with Crippen molar-refractivity contribution in [1.29, 1.82) is 0 Å². The van der Waals surface area contributed by atoms with Crippen molar-refractivity contribution in [3.8, 4) is 0 Å². The molecule has 0 saturated heterocycles. The van der Waals surface area contributed by atoms with Gasteiger partial charge in [-0.3, -0.25) is 4.68 Å². The monoisotopic (exact) mass is 432 g/mol. The summed E-state index contributed by atoms with van der Waals surface area (Å²) >= 11 is 8.80. The summed E-state index contributed by atoms with van der Waals surface area (Å²) in [6.07, 6.45) is 1.80. The highest BCUT2D eigenvalue weighted by Crippen LogP contribution is 2.36. The van der Waals surface area contributed by atoms with Gasteiger partial charge in [0.1, 0.15) is 0 Å². The topological polar surface area (TPSA) is 38.0 Å². The molecule has 0 atom stereocenters. The summed E-state index contributed by atoms with van der Waals surface area (Å²) in [5.41, 5.74) is 2.29. The first kappa shape index (κ1) is 17.1. The molecule has 0 bridgehead atoms. The van der Waals surface area contributed by atoms with Crippen molar-refractivity contribution < 1.29 is 5.11 Å². The number of benzene rings is 1. The molecular weight excluding hydrogens is 416 g/mol. The Bertz CT molecular complexity index is 608. The summed E-state index contributed by atoms with van der Waals surface area (Å²) in [4.78, 5) is 2.39. The second-order valence-corrected chi connectivity index (χ2v) is 7.50. The van der Waals surface area contributed by atoms with Gasteiger partial charge in [0.05, 0.1) is 29.4 Å². The summed E-state index contributed by atoms with van der Waals surface area (Å²) < 4.78 is 4.05. The predicted molar refractivity (Wildman–Crippen MR) is 94.0 cm³/mol. The molecule has 0 aliphatic carbocycles. The van der Waals surface area contributed by atoms with Gasteiger partial charge in [0.25, 0.3) is 0 Å². The van der Waals surface area contributed by atoms with Crippen molar-refractivity contribution in [1.82, 2.24) is 9.78 Å². The SMILES string of the molecule is CCc1nn(CCO)c(CC)c1Sc1cc(Br)cc(Br)c1. The Hall–Kier alpha value is -0.300. The van der Waals surface area contributed by atoms with Crippen molar-refractivity contribution in [2.45, 2.75) is 43.0 Å². The Morgan fingerprint density at radius 2 is 1.81 bits per heavy atom. The smallest absolute Gasteiger partial charge is 0.0764 e. The Labute approximate surface area is 146 Å². The molecule has 1 N–H and O–H groups in total. The number of aryl methyl sites for hydroxylation is 1. The van der Waals surface area contributed by atoms with Crippen LogP contribution in [0.4, 0.5) is 0 Å². The number of hydrogen-bond donors (Lipinski definition) is 1. The molecule has 1 aromatic carbocycles. The van der Waals surface area contributed by atoms with Gasteiger partial charge < -0.3 is 5.11 Å². The molecule has 0 saturated carbocycles. The lowest BCUT2D eigenvalue weighted by Crippen LogP contribution is -2.07. The van der Waals surface area contributed by atoms with Crippen molar-refractivity contribution in [2.75, 3.05) is 6.61 Å². The fourth-order valence-electron chi connectivity index (χ4n) is 2.21. The number of aliphatic hydroxyl groups excluding tert-OH is 1. The van der Waals surface area contributed by atoms with Crippen LogP contribution in [0, 0.1) is 0 Å². The van der Waals surface area contributed by atoms with E-state index in [0.717, 1.165) is 27.5 Å². The predicted octanol–water partition coefficient (Wildman–Crippen LogP) is 4.68. The molecule has 2 rings (SSSR count). The number of halogens is 2. The zero-order chi connectivity index (χ0) is 15.4. The van der Waals surface area contributed by atoms with Crippen LogP contribution in [0.2, 0.25) is 0 Å². The van der Waals surface area contributed by atoms with Crippen LogP contribution in [-0.2, 0) is 19.4 Å². The van der Waals surface area contributed by atoms with E-state index in [4.69, 9.17) is 0 Å². The van der Waals surface area contributed by atoms with Crippen LogP contribution in [-0.4, -0.2) is 21.5 Å². The summed E-state index contributed by atoms with van der Waals surface area (Å²) in [7, 11) is 0. The van der Waals surface area contributed by atoms with E-state index in [-0.39, 0.29) is 6.61 Å². The van der Waals surface area contributed by atoms with Crippen molar-refractivity contribution in [2.24, 2.45) is 0 Å². The standard InChI is InChI=1S/C15H18Br2N2OS/c1-3-13-15(14(4-2)19(18-13)5-6-20)21-12-8-10(16)7-11(17)9-12/h7-9,20H,3-6H2,1-2H3. The van der Waals surface area contributed by atoms with Gasteiger partial charge in [-0.2, -0.15) is 5.10 Å². The summed E-state index contributed by atoms with van der Waals surface area (Å²) in [6.45, 7) is 4.92. The largest absolute Gasteiger partial charge is 0.394 e. The number of aromatic nitrogens is 2. The lowest BCUT2D eigenvalue weighted by molar-refractivity contribution is 0.267. The van der Waals surface area contributed by atoms with Gasteiger partial charge >= 0.3 is 0 Å². The highest BCUT2D eigenvalue weighted by atomic mass is 79.9. The van der Waals surface area contributed by atoms with Gasteiger partial charge in [-0.1, -0.05) is 57.5 Å². The summed E-state index contributed by atoms with van der Waals surface area (Å²) in [5.74, 6) is 0. The van der Waals surface area contributed by atoms with Crippen LogP contribution in [0.1, 0.15) is 25.2 Å². The van der Waals surface area contributed by atoms with Crippen LogP contribution >= 0.6 is 43.6 Å². The molecule has 1 aromatic heterocycles. The highest BCUT2D eigenvalue weighted by molar-refractivity contribution is 9.11. The van der Waals surface area contributed by atoms with Crippen molar-refractivity contribution in [3.63, 3.8) is 0 Å². The van der Waals surface area contributed by atoms with Gasteiger partial charge in [0.15, 0.2) is 0 Å². The maximum absolute atomic E-state index is 9.19. The molecule has 1 heterocycles. The van der Waals surface area contributed by atoms with E-state index in [2.05, 4.69) is 62.9 Å². The maximum Gasteiger partial charge on any atom is 0.0764 e. The molecule has 0 fully saturated rings. The normalized spacial score (nSPS) is 11.1. The quantitative estimate of drug-likeness (QED) is 0.718. The van der Waals surface area contributed by atoms with Gasteiger partial charge in [-0.25, -0.2) is 0 Å². The molecule has 21 heavy (non-hydrogen) atoms. The summed E-state index contributed by atoms with van der Waals surface area (Å²) in [6, 6.07) is 6.25. The Kier molecular flexibility index (Phi) is 6.34. The first-order valence-electron chi connectivity index (χ1n) is 6.92. The molecule has 3 nitrogen and oxygen atoms in total. The van der Waals surface area contributed by atoms with E-state index in [1.54, 1.807) is 11.8 Å². The molecule has 6 heteroatoms. The van der Waals surface area contributed by atoms with E-state index in [0.29, 0.717) is 6.54 Å². The van der Waals surface area contributed by atoms with E-state index in [9.17, 15) is 5.11 Å². The second kappa shape index (κ2) is 7.81. The Balaban J connectivity index is 2.41. The number of nitrogens with zero attached hydrogens (tertiary/aromatic N) is 2. The molecule has 0 spiro atoms. The van der Waals surface area contributed by atoms with Crippen LogP contribution in [0.3, 0.4) is 0 Å². The third-order valence-corrected chi connectivity index (χ3v) is 5.18.